The topological polar surface area (TPSA) is 116 Å². The van der Waals surface area contributed by atoms with Crippen LogP contribution >= 0.6 is 0 Å². The summed E-state index contributed by atoms with van der Waals surface area (Å²) in [6, 6.07) is 9.85. The Morgan fingerprint density at radius 3 is 2.70 bits per heavy atom. The second-order valence-electron chi connectivity index (χ2n) is 9.19. The molecule has 194 valence electrons. The van der Waals surface area contributed by atoms with Gasteiger partial charge < -0.3 is 29.4 Å². The standard InChI is InChI=1S/C27H32N6O4/c1-3-37-23-15-24(31-26-25(23)19(16-28)17-29-26)30-21-5-4-18(14-22(21)35-2)27(34)33-8-6-20(7-9-33)32-10-12-36-13-11-32/h4-5,14-15,17,20H,3,6-13H2,1-2H3,(H2,29,30,31). The van der Waals surface area contributed by atoms with Crippen LogP contribution in [-0.2, 0) is 4.74 Å². The lowest BCUT2D eigenvalue weighted by atomic mass is 10.0. The lowest BCUT2D eigenvalue weighted by molar-refractivity contribution is 0.00159. The minimum Gasteiger partial charge on any atom is -0.495 e. The Bertz CT molecular complexity index is 1300. The number of nitrogens with zero attached hydrogens (tertiary/aromatic N) is 4. The molecule has 1 aromatic carbocycles. The van der Waals surface area contributed by atoms with E-state index in [-0.39, 0.29) is 5.91 Å². The van der Waals surface area contributed by atoms with Crippen LogP contribution in [-0.4, -0.2) is 84.8 Å². The van der Waals surface area contributed by atoms with Gasteiger partial charge in [0, 0.05) is 50.0 Å². The average molecular weight is 505 g/mol. The number of morpholine rings is 1. The van der Waals surface area contributed by atoms with Gasteiger partial charge >= 0.3 is 0 Å². The zero-order valence-electron chi connectivity index (χ0n) is 21.2. The molecule has 2 fully saturated rings. The molecule has 3 aromatic rings. The minimum absolute atomic E-state index is 0.0128. The second-order valence-corrected chi connectivity index (χ2v) is 9.19. The molecule has 10 nitrogen and oxygen atoms in total. The minimum atomic E-state index is 0.0128. The van der Waals surface area contributed by atoms with Crippen molar-refractivity contribution in [3.63, 3.8) is 0 Å². The highest BCUT2D eigenvalue weighted by Gasteiger charge is 2.28. The fraction of sp³-hybridized carbons (Fsp3) is 0.444. The molecule has 0 spiro atoms. The number of carbonyl (C=O) groups excluding carboxylic acids is 1. The number of anilines is 2. The molecule has 2 aliphatic heterocycles. The molecule has 2 N–H and O–H groups in total. The van der Waals surface area contributed by atoms with E-state index in [2.05, 4.69) is 26.3 Å². The average Bonchev–Trinajstić information content (AvgIpc) is 3.37. The third-order valence-corrected chi connectivity index (χ3v) is 7.05. The molecule has 0 aliphatic carbocycles. The smallest absolute Gasteiger partial charge is 0.253 e. The number of nitriles is 1. The molecular formula is C27H32N6O4. The van der Waals surface area contributed by atoms with Crippen LogP contribution in [0.25, 0.3) is 11.0 Å². The Morgan fingerprint density at radius 2 is 2.00 bits per heavy atom. The number of aromatic nitrogens is 2. The Kier molecular flexibility index (Phi) is 7.44. The number of piperidine rings is 1. The number of amides is 1. The van der Waals surface area contributed by atoms with Crippen molar-refractivity contribution in [3.05, 3.63) is 41.6 Å². The fourth-order valence-electron chi connectivity index (χ4n) is 5.15. The van der Waals surface area contributed by atoms with Gasteiger partial charge in [-0.1, -0.05) is 0 Å². The van der Waals surface area contributed by atoms with Crippen LogP contribution in [0.3, 0.4) is 0 Å². The van der Waals surface area contributed by atoms with Crippen LogP contribution < -0.4 is 14.8 Å². The van der Waals surface area contributed by atoms with E-state index in [0.29, 0.717) is 57.8 Å². The van der Waals surface area contributed by atoms with Crippen molar-refractivity contribution in [3.8, 4) is 17.6 Å². The number of carbonyl (C=O) groups is 1. The lowest BCUT2D eigenvalue weighted by Crippen LogP contribution is -2.50. The molecule has 2 saturated heterocycles. The largest absolute Gasteiger partial charge is 0.495 e. The maximum atomic E-state index is 13.3. The molecular weight excluding hydrogens is 472 g/mol. The highest BCUT2D eigenvalue weighted by molar-refractivity contribution is 5.96. The molecule has 37 heavy (non-hydrogen) atoms. The summed E-state index contributed by atoms with van der Waals surface area (Å²) in [6.07, 6.45) is 3.57. The van der Waals surface area contributed by atoms with Crippen molar-refractivity contribution in [2.24, 2.45) is 0 Å². The number of rotatable bonds is 7. The summed E-state index contributed by atoms with van der Waals surface area (Å²) in [4.78, 5) is 25.3. The molecule has 10 heteroatoms. The van der Waals surface area contributed by atoms with Gasteiger partial charge in [-0.2, -0.15) is 5.26 Å². The highest BCUT2D eigenvalue weighted by atomic mass is 16.5. The number of ether oxygens (including phenoxy) is 3. The third-order valence-electron chi connectivity index (χ3n) is 7.05. The number of likely N-dealkylation sites (tertiary alicyclic amines) is 1. The summed E-state index contributed by atoms with van der Waals surface area (Å²) in [7, 11) is 1.58. The first-order valence-corrected chi connectivity index (χ1v) is 12.7. The first kappa shape index (κ1) is 24.9. The first-order chi connectivity index (χ1) is 18.1. The number of nitrogens with one attached hydrogen (secondary N) is 2. The summed E-state index contributed by atoms with van der Waals surface area (Å²) < 4.78 is 16.9. The molecule has 0 unspecified atom stereocenters. The van der Waals surface area contributed by atoms with Crippen molar-refractivity contribution in [2.75, 3.05) is 58.4 Å². The molecule has 5 rings (SSSR count). The zero-order chi connectivity index (χ0) is 25.8. The Labute approximate surface area is 216 Å². The summed E-state index contributed by atoms with van der Waals surface area (Å²) in [5, 5.41) is 13.3. The van der Waals surface area contributed by atoms with Crippen LogP contribution in [0.4, 0.5) is 11.5 Å². The van der Waals surface area contributed by atoms with Gasteiger partial charge in [0.2, 0.25) is 0 Å². The van der Waals surface area contributed by atoms with Crippen molar-refractivity contribution in [1.82, 2.24) is 19.8 Å². The molecule has 2 aromatic heterocycles. The van der Waals surface area contributed by atoms with Gasteiger partial charge in [0.05, 0.1) is 43.6 Å². The van der Waals surface area contributed by atoms with Gasteiger partial charge in [-0.15, -0.1) is 0 Å². The fourth-order valence-corrected chi connectivity index (χ4v) is 5.15. The van der Waals surface area contributed by atoms with Crippen LogP contribution in [0.1, 0.15) is 35.7 Å². The van der Waals surface area contributed by atoms with Gasteiger partial charge in [0.25, 0.3) is 5.91 Å². The Morgan fingerprint density at radius 1 is 1.22 bits per heavy atom. The van der Waals surface area contributed by atoms with Gasteiger partial charge in [0.15, 0.2) is 0 Å². The van der Waals surface area contributed by atoms with E-state index in [1.807, 2.05) is 24.0 Å². The van der Waals surface area contributed by atoms with Gasteiger partial charge in [-0.05, 0) is 38.0 Å². The lowest BCUT2D eigenvalue weighted by Gasteiger charge is -2.40. The molecule has 0 saturated carbocycles. The van der Waals surface area contributed by atoms with Crippen LogP contribution in [0, 0.1) is 11.3 Å². The number of hydrogen-bond acceptors (Lipinski definition) is 8. The number of fused-ring (bicyclic) bond motifs is 1. The van der Waals surface area contributed by atoms with E-state index in [9.17, 15) is 10.1 Å². The van der Waals surface area contributed by atoms with Gasteiger partial charge in [-0.3, -0.25) is 9.69 Å². The number of hydrogen-bond donors (Lipinski definition) is 2. The van der Waals surface area contributed by atoms with Crippen LogP contribution in [0.2, 0.25) is 0 Å². The SMILES string of the molecule is CCOc1cc(Nc2ccc(C(=O)N3CCC(N4CCOCC4)CC3)cc2OC)nc2[nH]cc(C#N)c12. The van der Waals surface area contributed by atoms with E-state index < -0.39 is 0 Å². The molecule has 1 amide bonds. The zero-order valence-corrected chi connectivity index (χ0v) is 21.2. The monoisotopic (exact) mass is 504 g/mol. The number of aromatic amines is 1. The Balaban J connectivity index is 1.30. The molecule has 0 bridgehead atoms. The number of pyridine rings is 1. The third kappa shape index (κ3) is 5.19. The van der Waals surface area contributed by atoms with E-state index in [1.165, 1.54) is 0 Å². The van der Waals surface area contributed by atoms with Crippen LogP contribution in [0.5, 0.6) is 11.5 Å². The van der Waals surface area contributed by atoms with E-state index >= 15 is 0 Å². The summed E-state index contributed by atoms with van der Waals surface area (Å²) >= 11 is 0. The summed E-state index contributed by atoms with van der Waals surface area (Å²) in [5.41, 5.74) is 2.29. The van der Waals surface area contributed by atoms with E-state index in [1.54, 1.807) is 25.4 Å². The normalized spacial score (nSPS) is 16.9. The first-order valence-electron chi connectivity index (χ1n) is 12.7. The van der Waals surface area contributed by atoms with Gasteiger partial charge in [-0.25, -0.2) is 4.98 Å². The predicted octanol–water partition coefficient (Wildman–Crippen LogP) is 3.52. The van der Waals surface area contributed by atoms with Crippen molar-refractivity contribution in [2.45, 2.75) is 25.8 Å². The predicted molar refractivity (Wildman–Crippen MR) is 140 cm³/mol. The summed E-state index contributed by atoms with van der Waals surface area (Å²) in [5.74, 6) is 1.65. The maximum absolute atomic E-state index is 13.3. The number of benzene rings is 1. The van der Waals surface area contributed by atoms with Gasteiger partial charge in [0.1, 0.15) is 29.0 Å². The quantitative estimate of drug-likeness (QED) is 0.502. The van der Waals surface area contributed by atoms with E-state index in [0.717, 1.165) is 52.2 Å². The van der Waals surface area contributed by atoms with Crippen molar-refractivity contribution >= 4 is 28.4 Å². The highest BCUT2D eigenvalue weighted by Crippen LogP contribution is 2.34. The van der Waals surface area contributed by atoms with E-state index in [4.69, 9.17) is 14.2 Å². The Hall–Kier alpha value is -3.81. The van der Waals surface area contributed by atoms with Crippen molar-refractivity contribution in [1.29, 1.82) is 5.26 Å². The van der Waals surface area contributed by atoms with Crippen molar-refractivity contribution < 1.29 is 19.0 Å². The molecule has 2 aliphatic rings. The maximum Gasteiger partial charge on any atom is 0.253 e. The molecule has 0 radical (unpaired) electrons. The summed E-state index contributed by atoms with van der Waals surface area (Å²) in [6.45, 7) is 7.37. The van der Waals surface area contributed by atoms with Crippen LogP contribution in [0.15, 0.2) is 30.5 Å². The molecule has 0 atom stereocenters. The molecule has 4 heterocycles. The number of methoxy groups -OCH3 is 1. The number of H-pyrrole nitrogens is 1. The second kappa shape index (κ2) is 11.1.